The third-order valence-electron chi connectivity index (χ3n) is 2.22. The molecule has 5 heteroatoms. The van der Waals surface area contributed by atoms with Crippen LogP contribution in [-0.2, 0) is 6.54 Å². The molecule has 0 saturated heterocycles. The normalized spacial score (nSPS) is 9.00. The van der Waals surface area contributed by atoms with Crippen LogP contribution in [0.5, 0.6) is 0 Å². The Morgan fingerprint density at radius 1 is 1.00 bits per heavy atom. The van der Waals surface area contributed by atoms with E-state index in [1.807, 2.05) is 30.3 Å². The van der Waals surface area contributed by atoms with Gasteiger partial charge < -0.3 is 0 Å². The Kier molecular flexibility index (Phi) is 7.50. The molecule has 1 aromatic heterocycles. The number of hydrogen-bond acceptors (Lipinski definition) is 3. The van der Waals surface area contributed by atoms with Crippen molar-refractivity contribution in [2.75, 3.05) is 0 Å². The molecule has 0 bridgehead atoms. The zero-order valence-electron chi connectivity index (χ0n) is 9.17. The number of hydrogen-bond donors (Lipinski definition) is 2. The van der Waals surface area contributed by atoms with Gasteiger partial charge >= 0.3 is 0 Å². The maximum Gasteiger partial charge on any atom is 0.0701 e. The zero-order chi connectivity index (χ0) is 10.5. The van der Waals surface area contributed by atoms with E-state index >= 15 is 0 Å². The van der Waals surface area contributed by atoms with Gasteiger partial charge in [0, 0.05) is 18.3 Å². The first-order valence-electron chi connectivity index (χ1n) is 4.84. The molecule has 0 aliphatic heterocycles. The molecule has 2 aromatic rings. The summed E-state index contributed by atoms with van der Waals surface area (Å²) in [5.74, 6) is 5.25. The number of nitrogens with two attached hydrogens (primary N) is 1. The number of nitrogens with zero attached hydrogens (tertiary/aromatic N) is 1. The molecule has 0 amide bonds. The van der Waals surface area contributed by atoms with E-state index in [4.69, 9.17) is 5.84 Å². The monoisotopic (exact) mass is 271 g/mol. The molecule has 2 rings (SSSR count). The Morgan fingerprint density at radius 3 is 2.24 bits per heavy atom. The molecule has 0 spiro atoms. The summed E-state index contributed by atoms with van der Waals surface area (Å²) in [5.41, 5.74) is 5.90. The molecule has 0 atom stereocenters. The van der Waals surface area contributed by atoms with E-state index in [1.54, 1.807) is 6.20 Å². The zero-order valence-corrected chi connectivity index (χ0v) is 10.8. The standard InChI is InChI=1S/C12H13N3.2ClH/c13-15-9-10-4-6-11(7-5-10)12-3-1-2-8-14-12;;/h1-8,15H,9,13H2;2*1H. The van der Waals surface area contributed by atoms with Gasteiger partial charge in [0.05, 0.1) is 5.69 Å². The molecule has 92 valence electrons. The molecule has 3 nitrogen and oxygen atoms in total. The Labute approximate surface area is 113 Å². The van der Waals surface area contributed by atoms with Gasteiger partial charge in [0.1, 0.15) is 0 Å². The van der Waals surface area contributed by atoms with E-state index in [1.165, 1.54) is 0 Å². The Hall–Kier alpha value is -1.13. The van der Waals surface area contributed by atoms with Crippen molar-refractivity contribution in [3.05, 3.63) is 54.2 Å². The highest BCUT2D eigenvalue weighted by Crippen LogP contribution is 2.16. The van der Waals surface area contributed by atoms with Gasteiger partial charge in [-0.25, -0.2) is 0 Å². The molecule has 1 aromatic carbocycles. The number of pyridine rings is 1. The van der Waals surface area contributed by atoms with E-state index in [9.17, 15) is 0 Å². The topological polar surface area (TPSA) is 50.9 Å². The Bertz CT molecular complexity index is 418. The molecule has 17 heavy (non-hydrogen) atoms. The molecular weight excluding hydrogens is 257 g/mol. The summed E-state index contributed by atoms with van der Waals surface area (Å²) in [7, 11) is 0. The summed E-state index contributed by atoms with van der Waals surface area (Å²) in [6.45, 7) is 0.683. The predicted octanol–water partition coefficient (Wildman–Crippen LogP) is 2.56. The van der Waals surface area contributed by atoms with Crippen LogP contribution < -0.4 is 11.3 Å². The summed E-state index contributed by atoms with van der Waals surface area (Å²) >= 11 is 0. The second-order valence-electron chi connectivity index (χ2n) is 3.29. The highest BCUT2D eigenvalue weighted by Gasteiger charge is 1.97. The minimum absolute atomic E-state index is 0. The lowest BCUT2D eigenvalue weighted by atomic mass is 10.1. The molecule has 1 heterocycles. The van der Waals surface area contributed by atoms with Crippen LogP contribution in [0.25, 0.3) is 11.3 Å². The van der Waals surface area contributed by atoms with Crippen molar-refractivity contribution in [3.63, 3.8) is 0 Å². The largest absolute Gasteiger partial charge is 0.271 e. The van der Waals surface area contributed by atoms with Crippen LogP contribution in [0.3, 0.4) is 0 Å². The van der Waals surface area contributed by atoms with Gasteiger partial charge in [0.2, 0.25) is 0 Å². The first-order chi connectivity index (χ1) is 7.40. The van der Waals surface area contributed by atoms with Gasteiger partial charge in [-0.15, -0.1) is 24.8 Å². The highest BCUT2D eigenvalue weighted by molar-refractivity contribution is 5.85. The van der Waals surface area contributed by atoms with Crippen LogP contribution in [-0.4, -0.2) is 4.98 Å². The van der Waals surface area contributed by atoms with Gasteiger partial charge in [0.15, 0.2) is 0 Å². The summed E-state index contributed by atoms with van der Waals surface area (Å²) in [4.78, 5) is 4.28. The smallest absolute Gasteiger partial charge is 0.0701 e. The molecule has 3 N–H and O–H groups in total. The highest BCUT2D eigenvalue weighted by atomic mass is 35.5. The summed E-state index contributed by atoms with van der Waals surface area (Å²) < 4.78 is 0. The van der Waals surface area contributed by atoms with Gasteiger partial charge in [-0.3, -0.25) is 16.3 Å². The third-order valence-corrected chi connectivity index (χ3v) is 2.22. The van der Waals surface area contributed by atoms with Gasteiger partial charge in [0.25, 0.3) is 0 Å². The van der Waals surface area contributed by atoms with Crippen molar-refractivity contribution in [3.8, 4) is 11.3 Å². The van der Waals surface area contributed by atoms with Crippen LogP contribution in [0.15, 0.2) is 48.7 Å². The van der Waals surface area contributed by atoms with Crippen LogP contribution in [0, 0.1) is 0 Å². The first kappa shape index (κ1) is 15.9. The maximum atomic E-state index is 5.25. The van der Waals surface area contributed by atoms with E-state index in [2.05, 4.69) is 22.5 Å². The van der Waals surface area contributed by atoms with Crippen molar-refractivity contribution >= 4 is 24.8 Å². The van der Waals surface area contributed by atoms with Crippen LogP contribution in [0.1, 0.15) is 5.56 Å². The quantitative estimate of drug-likeness (QED) is 0.667. The Morgan fingerprint density at radius 2 is 1.71 bits per heavy atom. The molecular formula is C12H15Cl2N3. The van der Waals surface area contributed by atoms with Crippen LogP contribution >= 0.6 is 24.8 Å². The summed E-state index contributed by atoms with van der Waals surface area (Å²) in [6.07, 6.45) is 1.80. The third kappa shape index (κ3) is 4.32. The fraction of sp³-hybridized carbons (Fsp3) is 0.0833. The number of aromatic nitrogens is 1. The number of benzene rings is 1. The van der Waals surface area contributed by atoms with Crippen molar-refractivity contribution in [1.29, 1.82) is 0 Å². The van der Waals surface area contributed by atoms with Gasteiger partial charge in [-0.05, 0) is 17.7 Å². The minimum atomic E-state index is 0. The summed E-state index contributed by atoms with van der Waals surface area (Å²) in [6, 6.07) is 14.1. The second kappa shape index (κ2) is 8.03. The van der Waals surface area contributed by atoms with Crippen molar-refractivity contribution < 1.29 is 0 Å². The molecule has 0 fully saturated rings. The lowest BCUT2D eigenvalue weighted by molar-refractivity contribution is 0.741. The van der Waals surface area contributed by atoms with E-state index in [0.29, 0.717) is 6.54 Å². The average molecular weight is 272 g/mol. The molecule has 0 aliphatic carbocycles. The number of hydrazine groups is 1. The second-order valence-corrected chi connectivity index (χ2v) is 3.29. The molecule has 0 radical (unpaired) electrons. The number of nitrogens with one attached hydrogen (secondary N) is 1. The minimum Gasteiger partial charge on any atom is -0.271 e. The first-order valence-corrected chi connectivity index (χ1v) is 4.84. The average Bonchev–Trinajstić information content (AvgIpc) is 2.32. The van der Waals surface area contributed by atoms with Gasteiger partial charge in [-0.1, -0.05) is 30.3 Å². The number of rotatable bonds is 3. The molecule has 0 aliphatic rings. The summed E-state index contributed by atoms with van der Waals surface area (Å²) in [5, 5.41) is 0. The van der Waals surface area contributed by atoms with E-state index < -0.39 is 0 Å². The fourth-order valence-corrected chi connectivity index (χ4v) is 1.44. The maximum absolute atomic E-state index is 5.25. The van der Waals surface area contributed by atoms with Crippen molar-refractivity contribution in [2.24, 2.45) is 5.84 Å². The fourth-order valence-electron chi connectivity index (χ4n) is 1.44. The van der Waals surface area contributed by atoms with Crippen molar-refractivity contribution in [2.45, 2.75) is 6.54 Å². The predicted molar refractivity (Wildman–Crippen MR) is 75.2 cm³/mol. The molecule has 0 unspecified atom stereocenters. The van der Waals surface area contributed by atoms with Crippen LogP contribution in [0.2, 0.25) is 0 Å². The Balaban J connectivity index is 0.00000128. The molecule has 0 saturated carbocycles. The van der Waals surface area contributed by atoms with E-state index in [0.717, 1.165) is 16.8 Å². The lowest BCUT2D eigenvalue weighted by Crippen LogP contribution is -2.20. The number of halogens is 2. The SMILES string of the molecule is Cl.Cl.NNCc1ccc(-c2ccccn2)cc1. The van der Waals surface area contributed by atoms with Gasteiger partial charge in [-0.2, -0.15) is 0 Å². The van der Waals surface area contributed by atoms with E-state index in [-0.39, 0.29) is 24.8 Å². The lowest BCUT2D eigenvalue weighted by Gasteiger charge is -2.02. The van der Waals surface area contributed by atoms with Crippen molar-refractivity contribution in [1.82, 2.24) is 10.4 Å². The van der Waals surface area contributed by atoms with Crippen LogP contribution in [0.4, 0.5) is 0 Å².